The van der Waals surface area contributed by atoms with E-state index in [1.54, 1.807) is 12.1 Å². The Balaban J connectivity index is 1.59. The Morgan fingerprint density at radius 1 is 1.04 bits per heavy atom. The van der Waals surface area contributed by atoms with Gasteiger partial charge in [0, 0.05) is 23.5 Å². The van der Waals surface area contributed by atoms with Crippen molar-refractivity contribution < 1.29 is 4.39 Å². The lowest BCUT2D eigenvalue weighted by atomic mass is 9.94. The predicted molar refractivity (Wildman–Crippen MR) is 101 cm³/mol. The third-order valence-electron chi connectivity index (χ3n) is 5.69. The van der Waals surface area contributed by atoms with E-state index >= 15 is 0 Å². The molecule has 0 saturated carbocycles. The first-order valence-corrected chi connectivity index (χ1v) is 9.07. The highest BCUT2D eigenvalue weighted by Gasteiger charge is 2.30. The van der Waals surface area contributed by atoms with Crippen molar-refractivity contribution in [3.05, 3.63) is 70.7 Å². The summed E-state index contributed by atoms with van der Waals surface area (Å²) >= 11 is 0. The average molecular weight is 332 g/mol. The quantitative estimate of drug-likeness (QED) is 0.641. The monoisotopic (exact) mass is 332 g/mol. The molecule has 0 spiro atoms. The molecule has 0 atom stereocenters. The van der Waals surface area contributed by atoms with Crippen LogP contribution in [0.25, 0.3) is 23.1 Å². The van der Waals surface area contributed by atoms with Gasteiger partial charge < -0.3 is 4.98 Å². The lowest BCUT2D eigenvalue weighted by Gasteiger charge is -2.26. The first-order chi connectivity index (χ1) is 12.3. The number of hydrogen-bond donors (Lipinski definition) is 1. The molecule has 1 aromatic heterocycles. The van der Waals surface area contributed by atoms with Gasteiger partial charge in [-0.3, -0.25) is 4.90 Å². The molecule has 2 nitrogen and oxygen atoms in total. The van der Waals surface area contributed by atoms with Crippen molar-refractivity contribution in [2.45, 2.75) is 25.3 Å². The van der Waals surface area contributed by atoms with Crippen molar-refractivity contribution in [3.63, 3.8) is 0 Å². The summed E-state index contributed by atoms with van der Waals surface area (Å²) in [5.41, 5.74) is 6.20. The smallest absolute Gasteiger partial charge is 0.123 e. The molecule has 0 aliphatic carbocycles. The van der Waals surface area contributed by atoms with E-state index in [1.807, 2.05) is 12.1 Å². The fourth-order valence-electron chi connectivity index (χ4n) is 4.37. The number of fused-ring (bicyclic) bond motifs is 3. The number of H-pyrrole nitrogens is 1. The normalized spacial score (nSPS) is 22.4. The standard InChI is InChI=1S/C22H21FN2/c23-18-5-1-3-15(13-18)7-8-16-4-2-6-19-20-14-25-11-9-17(10-12-25)22(20)24-21(16)19/h1-8,13,17,24H,9-12,14H2. The van der Waals surface area contributed by atoms with E-state index in [-0.39, 0.29) is 5.82 Å². The fraction of sp³-hybridized carbons (Fsp3) is 0.273. The molecule has 0 unspecified atom stereocenters. The van der Waals surface area contributed by atoms with Crippen molar-refractivity contribution >= 4 is 23.1 Å². The summed E-state index contributed by atoms with van der Waals surface area (Å²) < 4.78 is 13.4. The Morgan fingerprint density at radius 2 is 1.88 bits per heavy atom. The highest BCUT2D eigenvalue weighted by molar-refractivity contribution is 5.93. The van der Waals surface area contributed by atoms with Crippen LogP contribution in [0.5, 0.6) is 0 Å². The van der Waals surface area contributed by atoms with E-state index < -0.39 is 0 Å². The van der Waals surface area contributed by atoms with Gasteiger partial charge in [-0.1, -0.05) is 42.5 Å². The van der Waals surface area contributed by atoms with Crippen LogP contribution in [0.4, 0.5) is 4.39 Å². The number of aromatic amines is 1. The molecule has 3 aromatic rings. The van der Waals surface area contributed by atoms with Crippen LogP contribution < -0.4 is 0 Å². The van der Waals surface area contributed by atoms with Gasteiger partial charge in [0.05, 0.1) is 5.52 Å². The van der Waals surface area contributed by atoms with Crippen LogP contribution in [0.3, 0.4) is 0 Å². The lowest BCUT2D eigenvalue weighted by molar-refractivity contribution is 0.220. The van der Waals surface area contributed by atoms with Crippen molar-refractivity contribution in [1.29, 1.82) is 0 Å². The van der Waals surface area contributed by atoms with E-state index in [9.17, 15) is 4.39 Å². The Kier molecular flexibility index (Phi) is 3.49. The van der Waals surface area contributed by atoms with Crippen molar-refractivity contribution in [2.24, 2.45) is 0 Å². The van der Waals surface area contributed by atoms with Crippen LogP contribution in [0.15, 0.2) is 42.5 Å². The first-order valence-electron chi connectivity index (χ1n) is 9.07. The molecular weight excluding hydrogens is 311 g/mol. The second kappa shape index (κ2) is 5.85. The van der Waals surface area contributed by atoms with Gasteiger partial charge in [-0.2, -0.15) is 0 Å². The Morgan fingerprint density at radius 3 is 2.72 bits per heavy atom. The second-order valence-electron chi connectivity index (χ2n) is 7.23. The number of benzene rings is 2. The maximum Gasteiger partial charge on any atom is 0.123 e. The summed E-state index contributed by atoms with van der Waals surface area (Å²) in [6.45, 7) is 3.49. The van der Waals surface area contributed by atoms with Crippen LogP contribution in [0, 0.1) is 5.82 Å². The number of piperidine rings is 1. The second-order valence-corrected chi connectivity index (χ2v) is 7.23. The summed E-state index contributed by atoms with van der Waals surface area (Å²) in [4.78, 5) is 6.32. The molecule has 3 heteroatoms. The molecule has 2 bridgehead atoms. The Labute approximate surface area is 147 Å². The summed E-state index contributed by atoms with van der Waals surface area (Å²) in [5.74, 6) is 0.471. The van der Waals surface area contributed by atoms with E-state index in [2.05, 4.69) is 34.2 Å². The average Bonchev–Trinajstić information content (AvgIpc) is 2.80. The van der Waals surface area contributed by atoms with Crippen LogP contribution >= 0.6 is 0 Å². The molecule has 6 rings (SSSR count). The van der Waals surface area contributed by atoms with Crippen LogP contribution in [-0.4, -0.2) is 23.0 Å². The van der Waals surface area contributed by atoms with Crippen molar-refractivity contribution in [1.82, 2.24) is 9.88 Å². The molecule has 3 aliphatic heterocycles. The maximum absolute atomic E-state index is 13.4. The minimum atomic E-state index is -0.197. The van der Waals surface area contributed by atoms with E-state index in [0.717, 1.165) is 12.1 Å². The van der Waals surface area contributed by atoms with Crippen LogP contribution in [0.1, 0.15) is 41.1 Å². The SMILES string of the molecule is Fc1cccc(C=Cc2cccc3c4c([nH]c23)C2CCN(CC2)C4)c1. The largest absolute Gasteiger partial charge is 0.357 e. The number of aromatic nitrogens is 1. The molecule has 4 heterocycles. The zero-order chi connectivity index (χ0) is 16.8. The number of halogens is 1. The van der Waals surface area contributed by atoms with Crippen LogP contribution in [0.2, 0.25) is 0 Å². The topological polar surface area (TPSA) is 19.0 Å². The van der Waals surface area contributed by atoms with Gasteiger partial charge in [-0.25, -0.2) is 4.39 Å². The summed E-state index contributed by atoms with van der Waals surface area (Å²) in [6, 6.07) is 13.2. The number of nitrogens with zero attached hydrogens (tertiary/aromatic N) is 1. The molecule has 2 aromatic carbocycles. The minimum absolute atomic E-state index is 0.197. The molecule has 0 amide bonds. The summed E-state index contributed by atoms with van der Waals surface area (Å²) in [7, 11) is 0. The van der Waals surface area contributed by atoms with Gasteiger partial charge >= 0.3 is 0 Å². The van der Waals surface area contributed by atoms with Crippen molar-refractivity contribution in [2.75, 3.05) is 13.1 Å². The Bertz CT molecular complexity index is 961. The predicted octanol–water partition coefficient (Wildman–Crippen LogP) is 5.17. The number of rotatable bonds is 2. The van der Waals surface area contributed by atoms with E-state index in [4.69, 9.17) is 0 Å². The van der Waals surface area contributed by atoms with Gasteiger partial charge in [0.2, 0.25) is 0 Å². The zero-order valence-electron chi connectivity index (χ0n) is 14.1. The molecule has 1 N–H and O–H groups in total. The molecule has 25 heavy (non-hydrogen) atoms. The molecule has 126 valence electrons. The lowest BCUT2D eigenvalue weighted by Crippen LogP contribution is -2.29. The highest BCUT2D eigenvalue weighted by atomic mass is 19.1. The maximum atomic E-state index is 13.4. The van der Waals surface area contributed by atoms with Crippen LogP contribution in [-0.2, 0) is 6.54 Å². The summed E-state index contributed by atoms with van der Waals surface area (Å²) in [5, 5.41) is 1.34. The number of nitrogens with one attached hydrogen (secondary N) is 1. The third kappa shape index (κ3) is 2.59. The van der Waals surface area contributed by atoms with Gasteiger partial charge in [0.15, 0.2) is 0 Å². The molecule has 0 radical (unpaired) electrons. The van der Waals surface area contributed by atoms with Gasteiger partial charge in [0.25, 0.3) is 0 Å². The molecule has 1 fully saturated rings. The number of hydrogen-bond acceptors (Lipinski definition) is 1. The fourth-order valence-corrected chi connectivity index (χ4v) is 4.37. The Hall–Kier alpha value is -2.39. The van der Waals surface area contributed by atoms with Gasteiger partial charge in [-0.15, -0.1) is 0 Å². The molecular formula is C22H21FN2. The van der Waals surface area contributed by atoms with Gasteiger partial charge in [0.1, 0.15) is 5.82 Å². The molecule has 3 aliphatic rings. The number of para-hydroxylation sites is 1. The first kappa shape index (κ1) is 14.9. The summed E-state index contributed by atoms with van der Waals surface area (Å²) in [6.07, 6.45) is 6.59. The van der Waals surface area contributed by atoms with E-state index in [0.29, 0.717) is 5.92 Å². The minimum Gasteiger partial charge on any atom is -0.357 e. The van der Waals surface area contributed by atoms with Gasteiger partial charge in [-0.05, 0) is 54.8 Å². The van der Waals surface area contributed by atoms with Crippen molar-refractivity contribution in [3.8, 4) is 0 Å². The van der Waals surface area contributed by atoms with E-state index in [1.165, 1.54) is 59.7 Å². The zero-order valence-corrected chi connectivity index (χ0v) is 14.1. The molecule has 1 saturated heterocycles. The highest BCUT2D eigenvalue weighted by Crippen LogP contribution is 2.39. The third-order valence-corrected chi connectivity index (χ3v) is 5.69.